The van der Waals surface area contributed by atoms with E-state index in [9.17, 15) is 14.0 Å². The largest absolute Gasteiger partial charge is 0.354 e. The van der Waals surface area contributed by atoms with Crippen molar-refractivity contribution in [3.63, 3.8) is 0 Å². The SMILES string of the molecule is CC(=O)N(CCNC(=O)Cc1ccc(Cl)cc1)c1cccc(F)c1. The molecule has 2 amide bonds. The lowest BCUT2D eigenvalue weighted by atomic mass is 10.1. The molecule has 0 heterocycles. The van der Waals surface area contributed by atoms with Crippen LogP contribution in [0.25, 0.3) is 0 Å². The molecule has 0 radical (unpaired) electrons. The number of benzene rings is 2. The molecular formula is C18H18ClFN2O2. The van der Waals surface area contributed by atoms with Gasteiger partial charge in [0.15, 0.2) is 0 Å². The first-order chi connectivity index (χ1) is 11.5. The predicted octanol–water partition coefficient (Wildman–Crippen LogP) is 3.19. The molecule has 0 saturated heterocycles. The van der Waals surface area contributed by atoms with Gasteiger partial charge in [0.05, 0.1) is 6.42 Å². The van der Waals surface area contributed by atoms with E-state index in [0.717, 1.165) is 5.56 Å². The highest BCUT2D eigenvalue weighted by Crippen LogP contribution is 2.15. The van der Waals surface area contributed by atoms with E-state index in [-0.39, 0.29) is 31.3 Å². The summed E-state index contributed by atoms with van der Waals surface area (Å²) in [6.45, 7) is 1.95. The summed E-state index contributed by atoms with van der Waals surface area (Å²) in [5.74, 6) is -0.779. The van der Waals surface area contributed by atoms with Crippen molar-refractivity contribution in [3.8, 4) is 0 Å². The summed E-state index contributed by atoms with van der Waals surface area (Å²) in [6, 6.07) is 12.8. The Morgan fingerprint density at radius 1 is 1.17 bits per heavy atom. The highest BCUT2D eigenvalue weighted by atomic mass is 35.5. The molecule has 0 unspecified atom stereocenters. The van der Waals surface area contributed by atoms with Crippen LogP contribution < -0.4 is 10.2 Å². The molecule has 0 bridgehead atoms. The van der Waals surface area contributed by atoms with Crippen molar-refractivity contribution in [2.24, 2.45) is 0 Å². The van der Waals surface area contributed by atoms with Crippen LogP contribution in [0.15, 0.2) is 48.5 Å². The standard InChI is InChI=1S/C18H18ClFN2O2/c1-13(23)22(17-4-2-3-16(20)12-17)10-9-21-18(24)11-14-5-7-15(19)8-6-14/h2-8,12H,9-11H2,1H3,(H,21,24). The van der Waals surface area contributed by atoms with Crippen LogP contribution in [0.5, 0.6) is 0 Å². The lowest BCUT2D eigenvalue weighted by molar-refractivity contribution is -0.121. The quantitative estimate of drug-likeness (QED) is 0.871. The Bertz CT molecular complexity index is 719. The number of carbonyl (C=O) groups excluding carboxylic acids is 2. The molecule has 24 heavy (non-hydrogen) atoms. The zero-order chi connectivity index (χ0) is 17.5. The van der Waals surface area contributed by atoms with Gasteiger partial charge in [-0.3, -0.25) is 9.59 Å². The average molecular weight is 349 g/mol. The van der Waals surface area contributed by atoms with Crippen molar-refractivity contribution in [3.05, 3.63) is 64.9 Å². The van der Waals surface area contributed by atoms with E-state index in [1.54, 1.807) is 36.4 Å². The van der Waals surface area contributed by atoms with Gasteiger partial charge in [0.25, 0.3) is 0 Å². The van der Waals surface area contributed by atoms with Crippen molar-refractivity contribution in [2.75, 3.05) is 18.0 Å². The molecule has 0 aliphatic rings. The second-order valence-electron chi connectivity index (χ2n) is 5.30. The fourth-order valence-corrected chi connectivity index (χ4v) is 2.40. The number of hydrogen-bond acceptors (Lipinski definition) is 2. The van der Waals surface area contributed by atoms with Gasteiger partial charge in [0.2, 0.25) is 11.8 Å². The van der Waals surface area contributed by atoms with Gasteiger partial charge in [0, 0.05) is 30.7 Å². The molecule has 4 nitrogen and oxygen atoms in total. The number of nitrogens with one attached hydrogen (secondary N) is 1. The Morgan fingerprint density at radius 3 is 2.50 bits per heavy atom. The van der Waals surface area contributed by atoms with Crippen molar-refractivity contribution in [1.82, 2.24) is 5.32 Å². The Hall–Kier alpha value is -2.40. The number of halogens is 2. The van der Waals surface area contributed by atoms with E-state index in [1.165, 1.54) is 24.0 Å². The third-order valence-electron chi connectivity index (χ3n) is 3.44. The van der Waals surface area contributed by atoms with E-state index < -0.39 is 5.82 Å². The highest BCUT2D eigenvalue weighted by Gasteiger charge is 2.12. The Balaban J connectivity index is 1.87. The Labute approximate surface area is 145 Å². The third-order valence-corrected chi connectivity index (χ3v) is 3.69. The summed E-state index contributed by atoms with van der Waals surface area (Å²) in [6.07, 6.45) is 0.233. The van der Waals surface area contributed by atoms with E-state index in [1.807, 2.05) is 0 Å². The maximum Gasteiger partial charge on any atom is 0.224 e. The van der Waals surface area contributed by atoms with E-state index in [2.05, 4.69) is 5.32 Å². The molecule has 0 saturated carbocycles. The monoisotopic (exact) mass is 348 g/mol. The van der Waals surface area contributed by atoms with Gasteiger partial charge in [-0.15, -0.1) is 0 Å². The van der Waals surface area contributed by atoms with Crippen LogP contribution in [0, 0.1) is 5.82 Å². The second kappa shape index (κ2) is 8.45. The van der Waals surface area contributed by atoms with Gasteiger partial charge in [0.1, 0.15) is 5.82 Å². The molecule has 0 aliphatic heterocycles. The minimum absolute atomic E-state index is 0.153. The van der Waals surface area contributed by atoms with Crippen LogP contribution in [-0.2, 0) is 16.0 Å². The number of carbonyl (C=O) groups is 2. The van der Waals surface area contributed by atoms with Gasteiger partial charge in [-0.25, -0.2) is 4.39 Å². The van der Waals surface area contributed by atoms with Gasteiger partial charge in [-0.1, -0.05) is 29.8 Å². The van der Waals surface area contributed by atoms with Crippen LogP contribution >= 0.6 is 11.6 Å². The summed E-state index contributed by atoms with van der Waals surface area (Å²) in [5, 5.41) is 3.37. The van der Waals surface area contributed by atoms with Crippen LogP contribution in [0.1, 0.15) is 12.5 Å². The maximum atomic E-state index is 13.3. The average Bonchev–Trinajstić information content (AvgIpc) is 2.53. The number of hydrogen-bond donors (Lipinski definition) is 1. The third kappa shape index (κ3) is 5.35. The molecule has 2 aromatic carbocycles. The highest BCUT2D eigenvalue weighted by molar-refractivity contribution is 6.30. The van der Waals surface area contributed by atoms with Crippen LogP contribution in [0.3, 0.4) is 0 Å². The fourth-order valence-electron chi connectivity index (χ4n) is 2.27. The van der Waals surface area contributed by atoms with Crippen molar-refractivity contribution in [2.45, 2.75) is 13.3 Å². The number of anilines is 1. The Kier molecular flexibility index (Phi) is 6.32. The minimum Gasteiger partial charge on any atom is -0.354 e. The van der Waals surface area contributed by atoms with Gasteiger partial charge in [-0.05, 0) is 35.9 Å². The molecule has 0 spiro atoms. The summed E-state index contributed by atoms with van der Waals surface area (Å²) in [5.41, 5.74) is 1.32. The van der Waals surface area contributed by atoms with Gasteiger partial charge < -0.3 is 10.2 Å². The molecule has 2 aromatic rings. The number of nitrogens with zero attached hydrogens (tertiary/aromatic N) is 1. The summed E-state index contributed by atoms with van der Waals surface area (Å²) < 4.78 is 13.3. The molecule has 1 N–H and O–H groups in total. The molecule has 126 valence electrons. The minimum atomic E-state index is -0.412. The summed E-state index contributed by atoms with van der Waals surface area (Å²) in [7, 11) is 0. The van der Waals surface area contributed by atoms with Crippen LogP contribution in [-0.4, -0.2) is 24.9 Å². The van der Waals surface area contributed by atoms with Crippen molar-refractivity contribution < 1.29 is 14.0 Å². The normalized spacial score (nSPS) is 10.3. The lowest BCUT2D eigenvalue weighted by Crippen LogP contribution is -2.38. The number of rotatable bonds is 6. The lowest BCUT2D eigenvalue weighted by Gasteiger charge is -2.21. The van der Waals surface area contributed by atoms with Gasteiger partial charge >= 0.3 is 0 Å². The molecule has 2 rings (SSSR count). The first-order valence-corrected chi connectivity index (χ1v) is 7.88. The molecular weight excluding hydrogens is 331 g/mol. The fraction of sp³-hybridized carbons (Fsp3) is 0.222. The molecule has 0 aromatic heterocycles. The zero-order valence-electron chi connectivity index (χ0n) is 13.3. The van der Waals surface area contributed by atoms with E-state index >= 15 is 0 Å². The molecule has 0 atom stereocenters. The summed E-state index contributed by atoms with van der Waals surface area (Å²) in [4.78, 5) is 25.1. The maximum absolute atomic E-state index is 13.3. The van der Waals surface area contributed by atoms with E-state index in [4.69, 9.17) is 11.6 Å². The van der Waals surface area contributed by atoms with Crippen molar-refractivity contribution >= 4 is 29.1 Å². The first kappa shape index (κ1) is 17.9. The second-order valence-corrected chi connectivity index (χ2v) is 5.74. The molecule has 6 heteroatoms. The molecule has 0 fully saturated rings. The topological polar surface area (TPSA) is 49.4 Å². The van der Waals surface area contributed by atoms with Crippen LogP contribution in [0.2, 0.25) is 5.02 Å². The van der Waals surface area contributed by atoms with Crippen LogP contribution in [0.4, 0.5) is 10.1 Å². The number of amides is 2. The Morgan fingerprint density at radius 2 is 1.88 bits per heavy atom. The first-order valence-electron chi connectivity index (χ1n) is 7.50. The summed E-state index contributed by atoms with van der Waals surface area (Å²) >= 11 is 5.80. The van der Waals surface area contributed by atoms with Crippen molar-refractivity contribution in [1.29, 1.82) is 0 Å². The smallest absolute Gasteiger partial charge is 0.224 e. The van der Waals surface area contributed by atoms with Gasteiger partial charge in [-0.2, -0.15) is 0 Å². The predicted molar refractivity (Wildman–Crippen MR) is 92.6 cm³/mol. The van der Waals surface area contributed by atoms with E-state index in [0.29, 0.717) is 10.7 Å². The zero-order valence-corrected chi connectivity index (χ0v) is 14.0. The molecule has 0 aliphatic carbocycles.